The minimum absolute atomic E-state index is 0.305. The van der Waals surface area contributed by atoms with Crippen molar-refractivity contribution in [2.75, 3.05) is 49.9 Å². The monoisotopic (exact) mass is 451 g/mol. The lowest BCUT2D eigenvalue weighted by molar-refractivity contribution is -0.134. The number of unbranched alkanes of at least 4 members (excludes halogenated alkanes) is 1. The number of nitrogens with zero attached hydrogens (tertiary/aromatic N) is 5. The van der Waals surface area contributed by atoms with Gasteiger partial charge in [0.05, 0.1) is 11.1 Å². The van der Waals surface area contributed by atoms with Crippen LogP contribution in [0.1, 0.15) is 19.8 Å². The summed E-state index contributed by atoms with van der Waals surface area (Å²) >= 11 is 1.75. The Kier molecular flexibility index (Phi) is 10.2. The van der Waals surface area contributed by atoms with Gasteiger partial charge in [-0.25, -0.2) is 19.6 Å². The molecule has 2 N–H and O–H groups in total. The van der Waals surface area contributed by atoms with E-state index in [9.17, 15) is 14.4 Å². The van der Waals surface area contributed by atoms with Crippen LogP contribution in [0, 0.1) is 0 Å². The van der Waals surface area contributed by atoms with Gasteiger partial charge in [-0.2, -0.15) is 0 Å². The number of rotatable bonds is 8. The van der Waals surface area contributed by atoms with E-state index < -0.39 is 11.9 Å². The summed E-state index contributed by atoms with van der Waals surface area (Å²) in [6.07, 6.45) is 6.97. The highest BCUT2D eigenvalue weighted by Crippen LogP contribution is 2.24. The van der Waals surface area contributed by atoms with E-state index in [-0.39, 0.29) is 0 Å². The van der Waals surface area contributed by atoms with E-state index in [2.05, 4.69) is 26.7 Å². The van der Waals surface area contributed by atoms with Crippen LogP contribution in [-0.2, 0) is 14.4 Å². The summed E-state index contributed by atoms with van der Waals surface area (Å²) in [5.74, 6) is -0.713. The molecule has 2 fully saturated rings. The van der Waals surface area contributed by atoms with Crippen molar-refractivity contribution in [3.8, 4) is 0 Å². The molecule has 2 saturated heterocycles. The molecule has 2 aliphatic rings. The molecule has 0 saturated carbocycles. The van der Waals surface area contributed by atoms with Crippen molar-refractivity contribution in [3.05, 3.63) is 30.6 Å². The van der Waals surface area contributed by atoms with Crippen molar-refractivity contribution in [2.45, 2.75) is 25.1 Å². The number of carbonyl (C=O) groups excluding carboxylic acids is 1. The molecule has 10 nitrogen and oxygen atoms in total. The fourth-order valence-electron chi connectivity index (χ4n) is 3.26. The average Bonchev–Trinajstić information content (AvgIpc) is 3.09. The summed E-state index contributed by atoms with van der Waals surface area (Å²) in [6.45, 7) is 8.25. The molecule has 1 aromatic rings. The largest absolute Gasteiger partial charge is 0.478 e. The number of aliphatic carboxylic acids is 2. The van der Waals surface area contributed by atoms with E-state index in [1.807, 2.05) is 11.0 Å². The molecule has 1 unspecified atom stereocenters. The predicted molar refractivity (Wildman–Crippen MR) is 118 cm³/mol. The van der Waals surface area contributed by atoms with Crippen LogP contribution in [0.5, 0.6) is 0 Å². The van der Waals surface area contributed by atoms with Gasteiger partial charge in [0.1, 0.15) is 0 Å². The van der Waals surface area contributed by atoms with Gasteiger partial charge in [0.25, 0.3) is 0 Å². The number of amides is 1. The van der Waals surface area contributed by atoms with Crippen LogP contribution in [0.15, 0.2) is 30.6 Å². The van der Waals surface area contributed by atoms with Gasteiger partial charge in [0, 0.05) is 57.3 Å². The lowest BCUT2D eigenvalue weighted by Gasteiger charge is -2.34. The van der Waals surface area contributed by atoms with Crippen LogP contribution in [0.4, 0.5) is 5.95 Å². The number of thioether (sulfide) groups is 1. The number of hydrogen-bond acceptors (Lipinski definition) is 8. The van der Waals surface area contributed by atoms with E-state index >= 15 is 0 Å². The zero-order chi connectivity index (χ0) is 22.6. The quantitative estimate of drug-likeness (QED) is 0.437. The molecule has 0 bridgehead atoms. The first-order valence-electron chi connectivity index (χ1n) is 10.2. The molecule has 170 valence electrons. The van der Waals surface area contributed by atoms with Gasteiger partial charge in [-0.3, -0.25) is 9.69 Å². The summed E-state index contributed by atoms with van der Waals surface area (Å²) in [5, 5.41) is 16.0. The Morgan fingerprint density at radius 2 is 1.65 bits per heavy atom. The maximum absolute atomic E-state index is 11.7. The van der Waals surface area contributed by atoms with E-state index in [1.165, 1.54) is 0 Å². The SMILES string of the molecule is CC1SCC(=O)N1CCCCN1CCN(c2ncccn2)CC1.O=C(O)/C=C\C(=O)O. The molecule has 0 radical (unpaired) electrons. The number of aromatic nitrogens is 2. The maximum atomic E-state index is 11.7. The second-order valence-electron chi connectivity index (χ2n) is 7.09. The average molecular weight is 452 g/mol. The van der Waals surface area contributed by atoms with E-state index in [0.29, 0.717) is 29.2 Å². The van der Waals surface area contributed by atoms with Crippen LogP contribution in [0.25, 0.3) is 0 Å². The highest BCUT2D eigenvalue weighted by atomic mass is 32.2. The Bertz CT molecular complexity index is 740. The molecular formula is C20H29N5O5S. The van der Waals surface area contributed by atoms with Crippen LogP contribution < -0.4 is 4.90 Å². The summed E-state index contributed by atoms with van der Waals surface area (Å²) in [4.78, 5) is 46.2. The van der Waals surface area contributed by atoms with Gasteiger partial charge < -0.3 is 20.0 Å². The number of piperazine rings is 1. The van der Waals surface area contributed by atoms with Crippen molar-refractivity contribution in [1.82, 2.24) is 19.8 Å². The molecule has 0 aliphatic carbocycles. The lowest BCUT2D eigenvalue weighted by atomic mass is 10.2. The number of hydrogen-bond donors (Lipinski definition) is 2. The Balaban J connectivity index is 0.000000366. The summed E-state index contributed by atoms with van der Waals surface area (Å²) in [6, 6.07) is 1.85. The van der Waals surface area contributed by atoms with Crippen molar-refractivity contribution in [2.24, 2.45) is 0 Å². The predicted octanol–water partition coefficient (Wildman–Crippen LogP) is 1.01. The van der Waals surface area contributed by atoms with Crippen LogP contribution in [0.3, 0.4) is 0 Å². The van der Waals surface area contributed by atoms with Crippen LogP contribution in [0.2, 0.25) is 0 Å². The number of anilines is 1. The molecule has 11 heteroatoms. The Morgan fingerprint density at radius 1 is 1.06 bits per heavy atom. The van der Waals surface area contributed by atoms with Crippen LogP contribution >= 0.6 is 11.8 Å². The first kappa shape index (κ1) is 24.6. The topological polar surface area (TPSA) is 127 Å². The molecule has 0 aromatic carbocycles. The van der Waals surface area contributed by atoms with Gasteiger partial charge in [0.2, 0.25) is 11.9 Å². The van der Waals surface area contributed by atoms with Crippen molar-refractivity contribution in [1.29, 1.82) is 0 Å². The van der Waals surface area contributed by atoms with Crippen LogP contribution in [-0.4, -0.2) is 98.2 Å². The number of carboxylic acid groups (broad SMARTS) is 2. The number of carbonyl (C=O) groups is 3. The third-order valence-electron chi connectivity index (χ3n) is 4.91. The van der Waals surface area contributed by atoms with Gasteiger partial charge in [-0.15, -0.1) is 11.8 Å². The maximum Gasteiger partial charge on any atom is 0.328 e. The minimum Gasteiger partial charge on any atom is -0.478 e. The Labute approximate surface area is 185 Å². The minimum atomic E-state index is -1.26. The van der Waals surface area contributed by atoms with Gasteiger partial charge in [-0.05, 0) is 32.4 Å². The second-order valence-corrected chi connectivity index (χ2v) is 8.40. The van der Waals surface area contributed by atoms with Crippen molar-refractivity contribution >= 4 is 35.6 Å². The third kappa shape index (κ3) is 8.93. The zero-order valence-corrected chi connectivity index (χ0v) is 18.4. The normalized spacial score (nSPS) is 19.4. The second kappa shape index (κ2) is 12.9. The molecule has 2 aliphatic heterocycles. The van der Waals surface area contributed by atoms with Gasteiger partial charge in [0.15, 0.2) is 0 Å². The summed E-state index contributed by atoms with van der Waals surface area (Å²) in [7, 11) is 0. The third-order valence-corrected chi connectivity index (χ3v) is 6.06. The molecule has 3 heterocycles. The highest BCUT2D eigenvalue weighted by molar-refractivity contribution is 8.00. The van der Waals surface area contributed by atoms with Crippen molar-refractivity contribution in [3.63, 3.8) is 0 Å². The Hall–Kier alpha value is -2.66. The molecule has 1 aromatic heterocycles. The standard InChI is InChI=1S/C16H25N5OS.C4H4O4/c1-14-21(15(22)13-23-14)8-3-2-7-19-9-11-20(12-10-19)16-17-5-4-6-18-16;5-3(6)1-2-4(7)8/h4-6,14H,2-3,7-13H2,1H3;1-2H,(H,5,6)(H,7,8)/b;2-1-. The fourth-order valence-corrected chi connectivity index (χ4v) is 4.21. The fraction of sp³-hybridized carbons (Fsp3) is 0.550. The number of carboxylic acids is 2. The summed E-state index contributed by atoms with van der Waals surface area (Å²) < 4.78 is 0. The molecule has 1 amide bonds. The molecular weight excluding hydrogens is 422 g/mol. The molecule has 3 rings (SSSR count). The van der Waals surface area contributed by atoms with Gasteiger partial charge in [-0.1, -0.05) is 0 Å². The zero-order valence-electron chi connectivity index (χ0n) is 17.6. The highest BCUT2D eigenvalue weighted by Gasteiger charge is 2.27. The lowest BCUT2D eigenvalue weighted by Crippen LogP contribution is -2.47. The Morgan fingerprint density at radius 3 is 2.16 bits per heavy atom. The van der Waals surface area contributed by atoms with Crippen molar-refractivity contribution < 1.29 is 24.6 Å². The van der Waals surface area contributed by atoms with E-state index in [0.717, 1.165) is 58.1 Å². The first-order valence-corrected chi connectivity index (χ1v) is 11.2. The first-order chi connectivity index (χ1) is 14.9. The van der Waals surface area contributed by atoms with E-state index in [1.54, 1.807) is 24.2 Å². The summed E-state index contributed by atoms with van der Waals surface area (Å²) in [5.41, 5.74) is 0. The van der Waals surface area contributed by atoms with E-state index in [4.69, 9.17) is 10.2 Å². The molecule has 1 atom stereocenters. The van der Waals surface area contributed by atoms with Gasteiger partial charge >= 0.3 is 11.9 Å². The smallest absolute Gasteiger partial charge is 0.328 e. The molecule has 0 spiro atoms. The molecule has 31 heavy (non-hydrogen) atoms.